The highest BCUT2D eigenvalue weighted by atomic mass is 16.2. The minimum atomic E-state index is 0.0157. The molecule has 1 aromatic rings. The summed E-state index contributed by atoms with van der Waals surface area (Å²) in [5, 5.41) is 4.05. The highest BCUT2D eigenvalue weighted by molar-refractivity contribution is 5.77. The minimum Gasteiger partial charge on any atom is -0.273 e. The maximum absolute atomic E-state index is 11.6. The Morgan fingerprint density at radius 2 is 1.81 bits per heavy atom. The van der Waals surface area contributed by atoms with Crippen molar-refractivity contribution in [2.45, 2.75) is 64.7 Å². The standard InChI is InChI=1S/C18H28N2O/c1-3-4-5-6-7-11-14-18(21)20-19-15-16(2)17-12-9-8-10-13-17/h8-10,12-13,15-16H,3-7,11,14H2,1-2H3,(H,20,21)/b19-15-/t16-/m0/s1. The molecule has 0 aromatic heterocycles. The zero-order valence-corrected chi connectivity index (χ0v) is 13.3. The maximum atomic E-state index is 11.6. The third-order valence-corrected chi connectivity index (χ3v) is 3.57. The average molecular weight is 288 g/mol. The molecule has 0 saturated carbocycles. The second-order valence-corrected chi connectivity index (χ2v) is 5.53. The molecule has 0 saturated heterocycles. The molecule has 1 amide bonds. The molecule has 1 rings (SSSR count). The van der Waals surface area contributed by atoms with E-state index in [-0.39, 0.29) is 11.8 Å². The number of benzene rings is 1. The number of carbonyl (C=O) groups excluding carboxylic acids is 1. The van der Waals surface area contributed by atoms with Gasteiger partial charge in [0.15, 0.2) is 0 Å². The van der Waals surface area contributed by atoms with E-state index in [1.807, 2.05) is 18.2 Å². The second-order valence-electron chi connectivity index (χ2n) is 5.53. The molecule has 0 radical (unpaired) electrons. The van der Waals surface area contributed by atoms with Gasteiger partial charge in [0.05, 0.1) is 0 Å². The van der Waals surface area contributed by atoms with Crippen LogP contribution >= 0.6 is 0 Å². The van der Waals surface area contributed by atoms with Crippen molar-refractivity contribution in [1.29, 1.82) is 0 Å². The fourth-order valence-corrected chi connectivity index (χ4v) is 2.19. The van der Waals surface area contributed by atoms with E-state index >= 15 is 0 Å². The van der Waals surface area contributed by atoms with Crippen molar-refractivity contribution in [1.82, 2.24) is 5.43 Å². The first-order valence-corrected chi connectivity index (χ1v) is 8.11. The van der Waals surface area contributed by atoms with Crippen LogP contribution in [0.25, 0.3) is 0 Å². The molecule has 21 heavy (non-hydrogen) atoms. The van der Waals surface area contributed by atoms with Gasteiger partial charge >= 0.3 is 0 Å². The summed E-state index contributed by atoms with van der Waals surface area (Å²) in [7, 11) is 0. The van der Waals surface area contributed by atoms with E-state index in [1.165, 1.54) is 31.2 Å². The van der Waals surface area contributed by atoms with Gasteiger partial charge < -0.3 is 0 Å². The summed E-state index contributed by atoms with van der Waals surface area (Å²) in [6, 6.07) is 10.1. The van der Waals surface area contributed by atoms with Crippen molar-refractivity contribution in [2.75, 3.05) is 0 Å². The summed E-state index contributed by atoms with van der Waals surface area (Å²) < 4.78 is 0. The van der Waals surface area contributed by atoms with Crippen LogP contribution in [0.3, 0.4) is 0 Å². The minimum absolute atomic E-state index is 0.0157. The van der Waals surface area contributed by atoms with Crippen LogP contribution in [0.5, 0.6) is 0 Å². The first kappa shape index (κ1) is 17.4. The zero-order valence-electron chi connectivity index (χ0n) is 13.3. The van der Waals surface area contributed by atoms with Gasteiger partial charge in [0.1, 0.15) is 0 Å². The van der Waals surface area contributed by atoms with Crippen molar-refractivity contribution in [3.05, 3.63) is 35.9 Å². The molecule has 0 heterocycles. The molecule has 0 unspecified atom stereocenters. The third kappa shape index (κ3) is 8.28. The molecule has 3 nitrogen and oxygen atoms in total. The van der Waals surface area contributed by atoms with E-state index in [4.69, 9.17) is 0 Å². The molecule has 0 aliphatic rings. The van der Waals surface area contributed by atoms with Gasteiger partial charge in [0.25, 0.3) is 0 Å². The first-order chi connectivity index (χ1) is 10.2. The second kappa shape index (κ2) is 11.1. The lowest BCUT2D eigenvalue weighted by atomic mass is 10.0. The Hall–Kier alpha value is -1.64. The molecule has 1 N–H and O–H groups in total. The van der Waals surface area contributed by atoms with Gasteiger partial charge in [-0.3, -0.25) is 4.79 Å². The van der Waals surface area contributed by atoms with E-state index in [1.54, 1.807) is 6.21 Å². The molecule has 0 fully saturated rings. The van der Waals surface area contributed by atoms with Crippen LogP contribution in [-0.2, 0) is 4.79 Å². The van der Waals surface area contributed by atoms with Gasteiger partial charge in [-0.05, 0) is 12.0 Å². The normalized spacial score (nSPS) is 12.5. The van der Waals surface area contributed by atoms with E-state index < -0.39 is 0 Å². The van der Waals surface area contributed by atoms with Crippen molar-refractivity contribution in [3.63, 3.8) is 0 Å². The summed E-state index contributed by atoms with van der Waals surface area (Å²) in [5.41, 5.74) is 3.82. The number of unbranched alkanes of at least 4 members (excludes halogenated alkanes) is 5. The number of nitrogens with one attached hydrogen (secondary N) is 1. The van der Waals surface area contributed by atoms with Gasteiger partial charge in [-0.2, -0.15) is 5.10 Å². The first-order valence-electron chi connectivity index (χ1n) is 8.11. The molecule has 116 valence electrons. The Labute approximate surface area is 128 Å². The van der Waals surface area contributed by atoms with Crippen LogP contribution in [-0.4, -0.2) is 12.1 Å². The Morgan fingerprint density at radius 1 is 1.14 bits per heavy atom. The van der Waals surface area contributed by atoms with Gasteiger partial charge in [-0.15, -0.1) is 0 Å². The molecule has 3 heteroatoms. The number of carbonyl (C=O) groups is 1. The lowest BCUT2D eigenvalue weighted by Gasteiger charge is -2.05. The SMILES string of the molecule is CCCCCCCCC(=O)N/N=C\[C@H](C)c1ccccc1. The van der Waals surface area contributed by atoms with E-state index in [0.717, 1.165) is 12.8 Å². The molecule has 0 aliphatic carbocycles. The van der Waals surface area contributed by atoms with E-state index in [0.29, 0.717) is 6.42 Å². The van der Waals surface area contributed by atoms with Crippen LogP contribution < -0.4 is 5.43 Å². The molecular formula is C18H28N2O. The zero-order chi connectivity index (χ0) is 15.3. The number of hydrogen-bond donors (Lipinski definition) is 1. The lowest BCUT2D eigenvalue weighted by molar-refractivity contribution is -0.121. The monoisotopic (exact) mass is 288 g/mol. The Morgan fingerprint density at radius 3 is 2.52 bits per heavy atom. The van der Waals surface area contributed by atoms with Crippen LogP contribution in [0, 0.1) is 0 Å². The number of rotatable bonds is 10. The number of amides is 1. The molecule has 1 atom stereocenters. The average Bonchev–Trinajstić information content (AvgIpc) is 2.51. The number of hydrogen-bond acceptors (Lipinski definition) is 2. The molecule has 0 bridgehead atoms. The van der Waals surface area contributed by atoms with E-state index in [9.17, 15) is 4.79 Å². The lowest BCUT2D eigenvalue weighted by Crippen LogP contribution is -2.17. The molecule has 1 aromatic carbocycles. The number of nitrogens with zero attached hydrogens (tertiary/aromatic N) is 1. The third-order valence-electron chi connectivity index (χ3n) is 3.57. The largest absolute Gasteiger partial charge is 0.273 e. The Bertz CT molecular complexity index is 414. The van der Waals surface area contributed by atoms with Crippen molar-refractivity contribution < 1.29 is 4.79 Å². The predicted molar refractivity (Wildman–Crippen MR) is 89.5 cm³/mol. The Kier molecular flexibility index (Phi) is 9.18. The summed E-state index contributed by atoms with van der Waals surface area (Å²) in [6.45, 7) is 4.28. The van der Waals surface area contributed by atoms with Gasteiger partial charge in [-0.25, -0.2) is 5.43 Å². The molecule has 0 aliphatic heterocycles. The quantitative estimate of drug-likeness (QED) is 0.380. The summed E-state index contributed by atoms with van der Waals surface area (Å²) in [4.78, 5) is 11.6. The van der Waals surface area contributed by atoms with Crippen LogP contribution in [0.1, 0.15) is 70.3 Å². The fraction of sp³-hybridized carbons (Fsp3) is 0.556. The van der Waals surface area contributed by atoms with Gasteiger partial charge in [0, 0.05) is 18.6 Å². The van der Waals surface area contributed by atoms with Crippen molar-refractivity contribution in [3.8, 4) is 0 Å². The van der Waals surface area contributed by atoms with Crippen LogP contribution in [0.2, 0.25) is 0 Å². The molecule has 0 spiro atoms. The molecular weight excluding hydrogens is 260 g/mol. The van der Waals surface area contributed by atoms with Crippen LogP contribution in [0.15, 0.2) is 35.4 Å². The van der Waals surface area contributed by atoms with Crippen LogP contribution in [0.4, 0.5) is 0 Å². The number of hydrazone groups is 1. The van der Waals surface area contributed by atoms with Crippen molar-refractivity contribution in [2.24, 2.45) is 5.10 Å². The maximum Gasteiger partial charge on any atom is 0.240 e. The topological polar surface area (TPSA) is 41.5 Å². The van der Waals surface area contributed by atoms with Gasteiger partial charge in [-0.1, -0.05) is 76.3 Å². The smallest absolute Gasteiger partial charge is 0.240 e. The van der Waals surface area contributed by atoms with Gasteiger partial charge in [0.2, 0.25) is 5.91 Å². The summed E-state index contributed by atoms with van der Waals surface area (Å²) in [5.74, 6) is 0.225. The highest BCUT2D eigenvalue weighted by Gasteiger charge is 2.02. The Balaban J connectivity index is 2.13. The summed E-state index contributed by atoms with van der Waals surface area (Å²) in [6.07, 6.45) is 9.53. The fourth-order valence-electron chi connectivity index (χ4n) is 2.19. The van der Waals surface area contributed by atoms with E-state index in [2.05, 4.69) is 36.5 Å². The predicted octanol–water partition coefficient (Wildman–Crippen LogP) is 4.64. The van der Waals surface area contributed by atoms with Crippen molar-refractivity contribution >= 4 is 12.1 Å². The summed E-state index contributed by atoms with van der Waals surface area (Å²) >= 11 is 0. The highest BCUT2D eigenvalue weighted by Crippen LogP contribution is 2.11.